The van der Waals surface area contributed by atoms with E-state index in [-0.39, 0.29) is 15.0 Å². The molecule has 26 heavy (non-hydrogen) atoms. The van der Waals surface area contributed by atoms with Crippen molar-refractivity contribution in [2.75, 3.05) is 0 Å². The van der Waals surface area contributed by atoms with E-state index < -0.39 is 29.9 Å². The average Bonchev–Trinajstić information content (AvgIpc) is 2.84. The molecule has 2 atom stereocenters. The van der Waals surface area contributed by atoms with Gasteiger partial charge in [-0.25, -0.2) is 0 Å². The Kier molecular flexibility index (Phi) is 6.43. The van der Waals surface area contributed by atoms with E-state index in [0.717, 1.165) is 21.1 Å². The maximum atomic E-state index is 12.6. The van der Waals surface area contributed by atoms with E-state index in [4.69, 9.17) is 17.3 Å². The fourth-order valence-electron chi connectivity index (χ4n) is 2.11. The molecule has 0 aromatic heterocycles. The van der Waals surface area contributed by atoms with Crippen LogP contribution in [0.15, 0.2) is 27.6 Å². The van der Waals surface area contributed by atoms with Gasteiger partial charge in [0.1, 0.15) is 22.2 Å². The van der Waals surface area contributed by atoms with Gasteiger partial charge in [0, 0.05) is 10.0 Å². The van der Waals surface area contributed by atoms with Gasteiger partial charge in [-0.05, 0) is 38.1 Å². The second kappa shape index (κ2) is 8.19. The van der Waals surface area contributed by atoms with Crippen molar-refractivity contribution in [1.29, 1.82) is 0 Å². The number of aliphatic carboxylic acids is 1. The van der Waals surface area contributed by atoms with Crippen molar-refractivity contribution in [2.24, 2.45) is 0 Å². The summed E-state index contributed by atoms with van der Waals surface area (Å²) < 4.78 is 0.911. The van der Waals surface area contributed by atoms with E-state index in [2.05, 4.69) is 21.2 Å². The van der Waals surface area contributed by atoms with E-state index in [1.54, 1.807) is 12.1 Å². The van der Waals surface area contributed by atoms with Crippen LogP contribution in [0.3, 0.4) is 0 Å². The molecule has 1 saturated heterocycles. The third-order valence-electron chi connectivity index (χ3n) is 3.60. The minimum absolute atomic E-state index is 0.000423. The summed E-state index contributed by atoms with van der Waals surface area (Å²) in [6.45, 7) is 2.79. The van der Waals surface area contributed by atoms with Gasteiger partial charge in [-0.1, -0.05) is 39.9 Å². The van der Waals surface area contributed by atoms with E-state index in [9.17, 15) is 19.5 Å². The number of benzene rings is 1. The number of aromatic hydroxyl groups is 1. The molecule has 7 nitrogen and oxygen atoms in total. The lowest BCUT2D eigenvalue weighted by Gasteiger charge is -2.23. The number of hydrogen-bond acceptors (Lipinski definition) is 6. The van der Waals surface area contributed by atoms with Crippen molar-refractivity contribution in [3.8, 4) is 5.75 Å². The van der Waals surface area contributed by atoms with Gasteiger partial charge in [-0.15, -0.1) is 0 Å². The number of carboxylic acids is 1. The Balaban J connectivity index is 2.23. The summed E-state index contributed by atoms with van der Waals surface area (Å²) in [5.74, 6) is -2.28. The van der Waals surface area contributed by atoms with Gasteiger partial charge in [0.05, 0.1) is 4.91 Å². The highest BCUT2D eigenvalue weighted by molar-refractivity contribution is 9.10. The van der Waals surface area contributed by atoms with Crippen LogP contribution in [-0.2, 0) is 14.4 Å². The second-order valence-electron chi connectivity index (χ2n) is 5.50. The highest BCUT2D eigenvalue weighted by Crippen LogP contribution is 2.35. The second-order valence-corrected chi connectivity index (χ2v) is 8.09. The van der Waals surface area contributed by atoms with E-state index in [0.29, 0.717) is 5.56 Å². The Labute approximate surface area is 167 Å². The number of phenols is 1. The molecule has 2 amide bonds. The number of rotatable bonds is 5. The SMILES string of the molecule is CC(NC(=O)C(C)N1C(=O)/C(=C/c2cc(Br)ccc2O)SC1=S)C(=O)O. The predicted molar refractivity (Wildman–Crippen MR) is 106 cm³/mol. The number of nitrogens with one attached hydrogen (secondary N) is 1. The third-order valence-corrected chi connectivity index (χ3v) is 5.42. The standard InChI is InChI=1S/C16H15BrN2O5S2/c1-7(15(23)24)18-13(21)8(2)19-14(22)12(26-16(19)25)6-9-5-10(17)3-4-11(9)20/h3-8,20H,1-2H3,(H,18,21)(H,23,24)/b12-6-. The Morgan fingerprint density at radius 1 is 1.38 bits per heavy atom. The summed E-state index contributed by atoms with van der Waals surface area (Å²) in [4.78, 5) is 37.1. The topological polar surface area (TPSA) is 107 Å². The van der Waals surface area contributed by atoms with Crippen LogP contribution in [0.2, 0.25) is 0 Å². The normalized spacial score (nSPS) is 18.1. The van der Waals surface area contributed by atoms with Gasteiger partial charge in [-0.3, -0.25) is 19.3 Å². The summed E-state index contributed by atoms with van der Waals surface area (Å²) >= 11 is 9.49. The number of hydrogen-bond donors (Lipinski definition) is 3. The van der Waals surface area contributed by atoms with Gasteiger partial charge in [0.15, 0.2) is 0 Å². The number of carbonyl (C=O) groups is 3. The maximum Gasteiger partial charge on any atom is 0.325 e. The number of carbonyl (C=O) groups excluding carboxylic acids is 2. The summed E-state index contributed by atoms with van der Waals surface area (Å²) in [6.07, 6.45) is 1.49. The number of phenolic OH excluding ortho intramolecular Hbond substituents is 1. The highest BCUT2D eigenvalue weighted by Gasteiger charge is 2.38. The molecule has 0 bridgehead atoms. The fourth-order valence-corrected chi connectivity index (χ4v) is 3.90. The summed E-state index contributed by atoms with van der Waals surface area (Å²) in [5.41, 5.74) is 0.427. The molecule has 1 aromatic rings. The lowest BCUT2D eigenvalue weighted by atomic mass is 10.1. The minimum Gasteiger partial charge on any atom is -0.507 e. The van der Waals surface area contributed by atoms with Crippen molar-refractivity contribution >= 4 is 68.1 Å². The zero-order valence-corrected chi connectivity index (χ0v) is 16.9. The Morgan fingerprint density at radius 2 is 2.04 bits per heavy atom. The molecule has 1 fully saturated rings. The molecule has 3 N–H and O–H groups in total. The van der Waals surface area contributed by atoms with Crippen molar-refractivity contribution in [3.05, 3.63) is 33.1 Å². The Bertz CT molecular complexity index is 827. The zero-order valence-electron chi connectivity index (χ0n) is 13.7. The lowest BCUT2D eigenvalue weighted by molar-refractivity contribution is -0.142. The third kappa shape index (κ3) is 4.43. The summed E-state index contributed by atoms with van der Waals surface area (Å²) in [6, 6.07) is 2.74. The number of carboxylic acid groups (broad SMARTS) is 1. The van der Waals surface area contributed by atoms with Crippen molar-refractivity contribution in [3.63, 3.8) is 0 Å². The van der Waals surface area contributed by atoms with Crippen molar-refractivity contribution in [1.82, 2.24) is 10.2 Å². The van der Waals surface area contributed by atoms with Gasteiger partial charge in [-0.2, -0.15) is 0 Å². The minimum atomic E-state index is -1.18. The van der Waals surface area contributed by atoms with Crippen LogP contribution in [0, 0.1) is 0 Å². The Morgan fingerprint density at radius 3 is 2.65 bits per heavy atom. The molecule has 1 aromatic carbocycles. The molecule has 1 aliphatic rings. The quantitative estimate of drug-likeness (QED) is 0.458. The van der Waals surface area contributed by atoms with Crippen LogP contribution in [0.1, 0.15) is 19.4 Å². The van der Waals surface area contributed by atoms with E-state index in [1.165, 1.54) is 26.0 Å². The van der Waals surface area contributed by atoms with Crippen LogP contribution in [0.5, 0.6) is 5.75 Å². The van der Waals surface area contributed by atoms with Crippen LogP contribution < -0.4 is 5.32 Å². The summed E-state index contributed by atoms with van der Waals surface area (Å²) in [7, 11) is 0. The molecule has 1 heterocycles. The van der Waals surface area contributed by atoms with E-state index in [1.807, 2.05) is 0 Å². The lowest BCUT2D eigenvalue weighted by Crippen LogP contribution is -2.50. The Hall–Kier alpha value is -1.91. The smallest absolute Gasteiger partial charge is 0.325 e. The van der Waals surface area contributed by atoms with Gasteiger partial charge in [0.25, 0.3) is 5.91 Å². The monoisotopic (exact) mass is 458 g/mol. The first-order valence-electron chi connectivity index (χ1n) is 7.40. The van der Waals surface area contributed by atoms with Crippen molar-refractivity contribution < 1.29 is 24.6 Å². The molecule has 138 valence electrons. The molecule has 0 radical (unpaired) electrons. The number of halogens is 1. The van der Waals surface area contributed by atoms with Crippen LogP contribution in [0.25, 0.3) is 6.08 Å². The molecule has 0 spiro atoms. The van der Waals surface area contributed by atoms with Gasteiger partial charge < -0.3 is 15.5 Å². The molecule has 10 heteroatoms. The molecule has 2 unspecified atom stereocenters. The molecular formula is C16H15BrN2O5S2. The first-order chi connectivity index (χ1) is 12.1. The predicted octanol–water partition coefficient (Wildman–Crippen LogP) is 2.33. The van der Waals surface area contributed by atoms with E-state index >= 15 is 0 Å². The van der Waals surface area contributed by atoms with Crippen molar-refractivity contribution in [2.45, 2.75) is 25.9 Å². The summed E-state index contributed by atoms with van der Waals surface area (Å²) in [5, 5.41) is 21.1. The van der Waals surface area contributed by atoms with Crippen LogP contribution in [0.4, 0.5) is 0 Å². The average molecular weight is 459 g/mol. The highest BCUT2D eigenvalue weighted by atomic mass is 79.9. The molecule has 0 aliphatic carbocycles. The van der Waals surface area contributed by atoms with Crippen LogP contribution in [-0.4, -0.2) is 49.3 Å². The van der Waals surface area contributed by atoms with Crippen LogP contribution >= 0.6 is 39.9 Å². The van der Waals surface area contributed by atoms with Gasteiger partial charge in [0.2, 0.25) is 5.91 Å². The molecule has 2 rings (SSSR count). The number of thioether (sulfide) groups is 1. The maximum absolute atomic E-state index is 12.6. The fraction of sp³-hybridized carbons (Fsp3) is 0.250. The molecular weight excluding hydrogens is 444 g/mol. The first kappa shape index (κ1) is 20.4. The zero-order chi connectivity index (χ0) is 19.6. The number of thiocarbonyl (C=S) groups is 1. The molecule has 1 aliphatic heterocycles. The number of amides is 2. The number of nitrogens with zero attached hydrogens (tertiary/aromatic N) is 1. The largest absolute Gasteiger partial charge is 0.507 e. The molecule has 0 saturated carbocycles. The first-order valence-corrected chi connectivity index (χ1v) is 9.42. The van der Waals surface area contributed by atoms with Gasteiger partial charge >= 0.3 is 5.97 Å².